The van der Waals surface area contributed by atoms with Crippen LogP contribution >= 0.6 is 0 Å². The van der Waals surface area contributed by atoms with E-state index in [2.05, 4.69) is 15.3 Å². The van der Waals surface area contributed by atoms with Gasteiger partial charge in [0, 0.05) is 12.5 Å². The lowest BCUT2D eigenvalue weighted by molar-refractivity contribution is 0.252. The van der Waals surface area contributed by atoms with E-state index < -0.39 is 0 Å². The normalized spacial score (nSPS) is 20.4. The van der Waals surface area contributed by atoms with Crippen molar-refractivity contribution < 1.29 is 4.74 Å². The van der Waals surface area contributed by atoms with Crippen LogP contribution in [0.15, 0.2) is 11.1 Å². The quantitative estimate of drug-likeness (QED) is 0.616. The van der Waals surface area contributed by atoms with Gasteiger partial charge < -0.3 is 20.8 Å². The Morgan fingerprint density at radius 1 is 1.67 bits per heavy atom. The van der Waals surface area contributed by atoms with Crippen LogP contribution in [0.3, 0.4) is 0 Å². The van der Waals surface area contributed by atoms with E-state index in [9.17, 15) is 4.79 Å². The lowest BCUT2D eigenvalue weighted by Gasteiger charge is -2.10. The number of H-pyrrole nitrogens is 1. The Morgan fingerprint density at radius 3 is 3.27 bits per heavy atom. The van der Waals surface area contributed by atoms with Gasteiger partial charge >= 0.3 is 0 Å². The number of nitrogen functional groups attached to an aromatic ring is 1. The highest BCUT2D eigenvalue weighted by atomic mass is 16.5. The molecule has 0 radical (unpaired) electrons. The van der Waals surface area contributed by atoms with Crippen molar-refractivity contribution in [2.75, 3.05) is 25.4 Å². The van der Waals surface area contributed by atoms with Crippen LogP contribution in [0.2, 0.25) is 0 Å². The van der Waals surface area contributed by atoms with E-state index >= 15 is 0 Å². The maximum Gasteiger partial charge on any atom is 0.277 e. The van der Waals surface area contributed by atoms with Gasteiger partial charge in [-0.2, -0.15) is 0 Å². The minimum absolute atomic E-state index is 0.0449. The molecular formula is C9H14N4O2. The zero-order chi connectivity index (χ0) is 10.7. The van der Waals surface area contributed by atoms with E-state index in [4.69, 9.17) is 10.5 Å². The molecule has 0 bridgehead atoms. The SMILES string of the molecule is Nc1c(OCC2CCNC2)nc[nH]c1=O. The van der Waals surface area contributed by atoms with E-state index in [1.807, 2.05) is 0 Å². The van der Waals surface area contributed by atoms with Crippen molar-refractivity contribution in [3.63, 3.8) is 0 Å². The van der Waals surface area contributed by atoms with Gasteiger partial charge in [-0.3, -0.25) is 4.79 Å². The summed E-state index contributed by atoms with van der Waals surface area (Å²) in [5, 5.41) is 3.24. The highest BCUT2D eigenvalue weighted by Gasteiger charge is 2.16. The van der Waals surface area contributed by atoms with Crippen molar-refractivity contribution in [1.29, 1.82) is 0 Å². The molecule has 4 N–H and O–H groups in total. The van der Waals surface area contributed by atoms with Crippen LogP contribution in [-0.4, -0.2) is 29.7 Å². The minimum Gasteiger partial charge on any atom is -0.476 e. The summed E-state index contributed by atoms with van der Waals surface area (Å²) in [5.41, 5.74) is 5.21. The van der Waals surface area contributed by atoms with Gasteiger partial charge in [0.2, 0.25) is 5.88 Å². The highest BCUT2D eigenvalue weighted by molar-refractivity contribution is 5.44. The number of hydrogen-bond donors (Lipinski definition) is 3. The molecule has 1 fully saturated rings. The Morgan fingerprint density at radius 2 is 2.53 bits per heavy atom. The molecule has 1 unspecified atom stereocenters. The monoisotopic (exact) mass is 210 g/mol. The van der Waals surface area contributed by atoms with Crippen molar-refractivity contribution in [1.82, 2.24) is 15.3 Å². The molecule has 2 rings (SSSR count). The van der Waals surface area contributed by atoms with Crippen molar-refractivity contribution in [2.45, 2.75) is 6.42 Å². The summed E-state index contributed by atoms with van der Waals surface area (Å²) in [7, 11) is 0. The van der Waals surface area contributed by atoms with Crippen LogP contribution in [0.5, 0.6) is 5.88 Å². The molecule has 0 spiro atoms. The van der Waals surface area contributed by atoms with Crippen LogP contribution in [0.1, 0.15) is 6.42 Å². The van der Waals surface area contributed by atoms with Gasteiger partial charge in [0.25, 0.3) is 5.56 Å². The first kappa shape index (κ1) is 9.97. The zero-order valence-electron chi connectivity index (χ0n) is 8.32. The second kappa shape index (κ2) is 4.31. The summed E-state index contributed by atoms with van der Waals surface area (Å²) in [6.45, 7) is 2.52. The summed E-state index contributed by atoms with van der Waals surface area (Å²) < 4.78 is 5.41. The molecular weight excluding hydrogens is 196 g/mol. The average Bonchev–Trinajstić information content (AvgIpc) is 2.73. The van der Waals surface area contributed by atoms with Crippen LogP contribution < -0.4 is 21.3 Å². The molecule has 1 saturated heterocycles. The molecule has 6 nitrogen and oxygen atoms in total. The fourth-order valence-corrected chi connectivity index (χ4v) is 1.56. The fraction of sp³-hybridized carbons (Fsp3) is 0.556. The van der Waals surface area contributed by atoms with Gasteiger partial charge in [-0.05, 0) is 13.0 Å². The lowest BCUT2D eigenvalue weighted by Crippen LogP contribution is -2.19. The maximum atomic E-state index is 11.1. The largest absolute Gasteiger partial charge is 0.476 e. The Kier molecular flexibility index (Phi) is 2.86. The van der Waals surface area contributed by atoms with E-state index in [1.54, 1.807) is 0 Å². The first-order valence-corrected chi connectivity index (χ1v) is 4.94. The number of aromatic amines is 1. The van der Waals surface area contributed by atoms with Gasteiger partial charge in [0.05, 0.1) is 12.9 Å². The topological polar surface area (TPSA) is 93.0 Å². The molecule has 1 atom stereocenters. The Bertz CT molecular complexity index is 384. The van der Waals surface area contributed by atoms with Gasteiger partial charge in [-0.25, -0.2) is 4.98 Å². The average molecular weight is 210 g/mol. The molecule has 6 heteroatoms. The zero-order valence-corrected chi connectivity index (χ0v) is 8.32. The molecule has 1 aliphatic heterocycles. The number of rotatable bonds is 3. The summed E-state index contributed by atoms with van der Waals surface area (Å²) in [6, 6.07) is 0. The molecule has 1 aromatic heterocycles. The number of nitrogens with two attached hydrogens (primary N) is 1. The van der Waals surface area contributed by atoms with Crippen LogP contribution in [0.25, 0.3) is 0 Å². The van der Waals surface area contributed by atoms with Crippen LogP contribution in [0.4, 0.5) is 5.69 Å². The minimum atomic E-state index is -0.357. The predicted molar refractivity (Wildman–Crippen MR) is 55.7 cm³/mol. The van der Waals surface area contributed by atoms with Crippen LogP contribution in [-0.2, 0) is 0 Å². The predicted octanol–water partition coefficient (Wildman–Crippen LogP) is -0.660. The Balaban J connectivity index is 1.98. The van der Waals surface area contributed by atoms with Gasteiger partial charge in [-0.1, -0.05) is 0 Å². The second-order valence-corrected chi connectivity index (χ2v) is 3.62. The van der Waals surface area contributed by atoms with E-state index in [0.717, 1.165) is 19.5 Å². The number of anilines is 1. The van der Waals surface area contributed by atoms with Gasteiger partial charge in [0.15, 0.2) is 5.69 Å². The Hall–Kier alpha value is -1.56. The first-order chi connectivity index (χ1) is 7.27. The van der Waals surface area contributed by atoms with Crippen LogP contribution in [0, 0.1) is 5.92 Å². The lowest BCUT2D eigenvalue weighted by atomic mass is 10.1. The number of nitrogens with zero attached hydrogens (tertiary/aromatic N) is 1. The molecule has 0 aromatic carbocycles. The summed E-state index contributed by atoms with van der Waals surface area (Å²) in [4.78, 5) is 17.4. The molecule has 15 heavy (non-hydrogen) atoms. The van der Waals surface area contributed by atoms with Crippen molar-refractivity contribution >= 4 is 5.69 Å². The molecule has 1 aliphatic rings. The second-order valence-electron chi connectivity index (χ2n) is 3.62. The summed E-state index contributed by atoms with van der Waals surface area (Å²) >= 11 is 0. The summed E-state index contributed by atoms with van der Waals surface area (Å²) in [5.74, 6) is 0.705. The van der Waals surface area contributed by atoms with E-state index in [0.29, 0.717) is 12.5 Å². The van der Waals surface area contributed by atoms with Crippen molar-refractivity contribution in [3.05, 3.63) is 16.7 Å². The Labute approximate surface area is 86.9 Å². The van der Waals surface area contributed by atoms with Crippen molar-refractivity contribution in [2.24, 2.45) is 5.92 Å². The summed E-state index contributed by atoms with van der Waals surface area (Å²) in [6.07, 6.45) is 2.38. The maximum absolute atomic E-state index is 11.1. The fourth-order valence-electron chi connectivity index (χ4n) is 1.56. The third-order valence-corrected chi connectivity index (χ3v) is 2.47. The highest BCUT2D eigenvalue weighted by Crippen LogP contribution is 2.14. The smallest absolute Gasteiger partial charge is 0.277 e. The third-order valence-electron chi connectivity index (χ3n) is 2.47. The van der Waals surface area contributed by atoms with Crippen molar-refractivity contribution in [3.8, 4) is 5.88 Å². The van der Waals surface area contributed by atoms with Gasteiger partial charge in [0.1, 0.15) is 0 Å². The standard InChI is InChI=1S/C9H14N4O2/c10-7-8(14)12-5-13-9(7)15-4-6-1-2-11-3-6/h5-6,11H,1-4,10H2,(H,12,13,14). The first-order valence-electron chi connectivity index (χ1n) is 4.94. The number of nitrogens with one attached hydrogen (secondary N) is 2. The third kappa shape index (κ3) is 2.27. The molecule has 0 saturated carbocycles. The number of ether oxygens (including phenoxy) is 1. The molecule has 1 aromatic rings. The number of hydrogen-bond acceptors (Lipinski definition) is 5. The number of aromatic nitrogens is 2. The van der Waals surface area contributed by atoms with E-state index in [-0.39, 0.29) is 17.1 Å². The molecule has 0 aliphatic carbocycles. The van der Waals surface area contributed by atoms with Gasteiger partial charge in [-0.15, -0.1) is 0 Å². The molecule has 82 valence electrons. The van der Waals surface area contributed by atoms with E-state index in [1.165, 1.54) is 6.33 Å². The molecule has 0 amide bonds. The molecule has 2 heterocycles.